The second-order valence-corrected chi connectivity index (χ2v) is 6.48. The lowest BCUT2D eigenvalue weighted by atomic mass is 9.96. The van der Waals surface area contributed by atoms with Crippen molar-refractivity contribution in [3.05, 3.63) is 65.0 Å². The molecule has 1 fully saturated rings. The van der Waals surface area contributed by atoms with Crippen molar-refractivity contribution in [2.75, 3.05) is 13.2 Å². The molecule has 3 N–H and O–H groups in total. The van der Waals surface area contributed by atoms with Crippen molar-refractivity contribution >= 4 is 0 Å². The Bertz CT molecular complexity index is 699. The molecule has 0 radical (unpaired) electrons. The summed E-state index contributed by atoms with van der Waals surface area (Å²) in [6.07, 6.45) is 1.02. The van der Waals surface area contributed by atoms with E-state index in [1.165, 1.54) is 6.07 Å². The van der Waals surface area contributed by atoms with Crippen LogP contribution in [-0.4, -0.2) is 24.4 Å². The SMILES string of the molecule is Cc1ccc([C@H](N)[C@H](O)c2ccc(OC3CCOCC3)cc2)cc1F. The average molecular weight is 345 g/mol. The Balaban J connectivity index is 1.66. The predicted molar refractivity (Wildman–Crippen MR) is 93.9 cm³/mol. The number of benzene rings is 2. The van der Waals surface area contributed by atoms with E-state index in [4.69, 9.17) is 15.2 Å². The summed E-state index contributed by atoms with van der Waals surface area (Å²) in [4.78, 5) is 0. The number of aryl methyl sites for hydroxylation is 1. The number of rotatable bonds is 5. The molecule has 1 aliphatic rings. The van der Waals surface area contributed by atoms with Gasteiger partial charge in [-0.15, -0.1) is 0 Å². The van der Waals surface area contributed by atoms with Crippen molar-refractivity contribution in [3.8, 4) is 5.75 Å². The Labute approximate surface area is 147 Å². The molecule has 0 bridgehead atoms. The van der Waals surface area contributed by atoms with Crippen LogP contribution < -0.4 is 10.5 Å². The van der Waals surface area contributed by atoms with Gasteiger partial charge in [-0.05, 0) is 41.8 Å². The second-order valence-electron chi connectivity index (χ2n) is 6.48. The molecule has 1 aliphatic heterocycles. The van der Waals surface area contributed by atoms with E-state index in [2.05, 4.69) is 0 Å². The largest absolute Gasteiger partial charge is 0.490 e. The van der Waals surface area contributed by atoms with Gasteiger partial charge in [0.25, 0.3) is 0 Å². The van der Waals surface area contributed by atoms with Crippen molar-refractivity contribution in [1.82, 2.24) is 0 Å². The number of nitrogens with two attached hydrogens (primary N) is 1. The predicted octanol–water partition coefficient (Wildman–Crippen LogP) is 3.43. The minimum Gasteiger partial charge on any atom is -0.490 e. The normalized spacial score (nSPS) is 17.9. The molecule has 0 aromatic heterocycles. The Hall–Kier alpha value is -1.95. The molecule has 25 heavy (non-hydrogen) atoms. The molecular formula is C20H24FNO3. The van der Waals surface area contributed by atoms with Crippen LogP contribution in [0.3, 0.4) is 0 Å². The van der Waals surface area contributed by atoms with Crippen LogP contribution in [0, 0.1) is 12.7 Å². The standard InChI is InChI=1S/C20H24FNO3/c1-13-2-3-15(12-18(13)21)19(22)20(23)14-4-6-16(7-5-14)25-17-8-10-24-11-9-17/h2-7,12,17,19-20,23H,8-11,22H2,1H3/t19-,20+/m0/s1. The van der Waals surface area contributed by atoms with Gasteiger partial charge in [0.05, 0.1) is 25.4 Å². The molecule has 4 nitrogen and oxygen atoms in total. The molecular weight excluding hydrogens is 321 g/mol. The third kappa shape index (κ3) is 4.37. The van der Waals surface area contributed by atoms with Crippen molar-refractivity contribution < 1.29 is 19.0 Å². The Morgan fingerprint density at radius 3 is 2.40 bits per heavy atom. The highest BCUT2D eigenvalue weighted by molar-refractivity contribution is 5.32. The number of hydrogen-bond acceptors (Lipinski definition) is 4. The maximum absolute atomic E-state index is 13.7. The lowest BCUT2D eigenvalue weighted by Gasteiger charge is -2.24. The summed E-state index contributed by atoms with van der Waals surface area (Å²) in [6.45, 7) is 3.14. The van der Waals surface area contributed by atoms with Crippen LogP contribution >= 0.6 is 0 Å². The van der Waals surface area contributed by atoms with E-state index >= 15 is 0 Å². The van der Waals surface area contributed by atoms with Gasteiger partial charge in [0, 0.05) is 12.8 Å². The molecule has 0 spiro atoms. The van der Waals surface area contributed by atoms with Gasteiger partial charge >= 0.3 is 0 Å². The summed E-state index contributed by atoms with van der Waals surface area (Å²) in [5.74, 6) is 0.443. The third-order valence-electron chi connectivity index (χ3n) is 4.61. The van der Waals surface area contributed by atoms with Crippen LogP contribution in [0.5, 0.6) is 5.75 Å². The van der Waals surface area contributed by atoms with Gasteiger partial charge in [0.2, 0.25) is 0 Å². The molecule has 2 aromatic rings. The molecule has 0 unspecified atom stereocenters. The van der Waals surface area contributed by atoms with E-state index in [9.17, 15) is 9.50 Å². The van der Waals surface area contributed by atoms with E-state index in [0.717, 1.165) is 31.8 Å². The van der Waals surface area contributed by atoms with E-state index in [0.29, 0.717) is 16.7 Å². The van der Waals surface area contributed by atoms with E-state index in [-0.39, 0.29) is 11.9 Å². The highest BCUT2D eigenvalue weighted by atomic mass is 19.1. The van der Waals surface area contributed by atoms with Crippen molar-refractivity contribution in [2.24, 2.45) is 5.73 Å². The zero-order valence-electron chi connectivity index (χ0n) is 14.3. The van der Waals surface area contributed by atoms with Crippen LogP contribution in [0.15, 0.2) is 42.5 Å². The zero-order valence-corrected chi connectivity index (χ0v) is 14.3. The first kappa shape index (κ1) is 17.9. The molecule has 2 atom stereocenters. The minimum atomic E-state index is -0.917. The molecule has 0 saturated carbocycles. The van der Waals surface area contributed by atoms with Gasteiger partial charge in [-0.2, -0.15) is 0 Å². The van der Waals surface area contributed by atoms with Gasteiger partial charge in [0.1, 0.15) is 17.7 Å². The number of halogens is 1. The van der Waals surface area contributed by atoms with Gasteiger partial charge in [-0.1, -0.05) is 24.3 Å². The maximum atomic E-state index is 13.7. The highest BCUT2D eigenvalue weighted by Crippen LogP contribution is 2.29. The average Bonchev–Trinajstić information content (AvgIpc) is 2.64. The van der Waals surface area contributed by atoms with Crippen molar-refractivity contribution in [3.63, 3.8) is 0 Å². The minimum absolute atomic E-state index is 0.169. The van der Waals surface area contributed by atoms with Gasteiger partial charge in [-0.3, -0.25) is 0 Å². The summed E-state index contributed by atoms with van der Waals surface area (Å²) in [5, 5.41) is 10.5. The fourth-order valence-corrected chi connectivity index (χ4v) is 2.94. The van der Waals surface area contributed by atoms with Crippen LogP contribution in [0.4, 0.5) is 4.39 Å². The van der Waals surface area contributed by atoms with E-state index < -0.39 is 12.1 Å². The number of ether oxygens (including phenoxy) is 2. The van der Waals surface area contributed by atoms with Gasteiger partial charge in [-0.25, -0.2) is 4.39 Å². The zero-order chi connectivity index (χ0) is 17.8. The molecule has 3 rings (SSSR count). The lowest BCUT2D eigenvalue weighted by molar-refractivity contribution is 0.0255. The molecule has 1 heterocycles. The first-order valence-electron chi connectivity index (χ1n) is 8.58. The summed E-state index contributed by atoms with van der Waals surface area (Å²) < 4.78 is 25.0. The quantitative estimate of drug-likeness (QED) is 0.871. The van der Waals surface area contributed by atoms with E-state index in [1.54, 1.807) is 31.2 Å². The third-order valence-corrected chi connectivity index (χ3v) is 4.61. The molecule has 134 valence electrons. The highest BCUT2D eigenvalue weighted by Gasteiger charge is 2.20. The fraction of sp³-hybridized carbons (Fsp3) is 0.400. The van der Waals surface area contributed by atoms with Crippen LogP contribution in [0.25, 0.3) is 0 Å². The van der Waals surface area contributed by atoms with Gasteiger partial charge < -0.3 is 20.3 Å². The fourth-order valence-electron chi connectivity index (χ4n) is 2.94. The number of aliphatic hydroxyl groups excluding tert-OH is 1. The topological polar surface area (TPSA) is 64.7 Å². The molecule has 5 heteroatoms. The summed E-state index contributed by atoms with van der Waals surface area (Å²) >= 11 is 0. The first-order valence-corrected chi connectivity index (χ1v) is 8.58. The summed E-state index contributed by atoms with van der Waals surface area (Å²) in [5.41, 5.74) is 7.91. The number of aliphatic hydroxyl groups is 1. The second kappa shape index (κ2) is 7.95. The van der Waals surface area contributed by atoms with Crippen LogP contribution in [0.2, 0.25) is 0 Å². The lowest BCUT2D eigenvalue weighted by Crippen LogP contribution is -2.25. The summed E-state index contributed by atoms with van der Waals surface area (Å²) in [6, 6.07) is 11.3. The van der Waals surface area contributed by atoms with Crippen LogP contribution in [-0.2, 0) is 4.74 Å². The maximum Gasteiger partial charge on any atom is 0.126 e. The molecule has 0 aliphatic carbocycles. The number of hydrogen-bond donors (Lipinski definition) is 2. The molecule has 1 saturated heterocycles. The van der Waals surface area contributed by atoms with Crippen molar-refractivity contribution in [1.29, 1.82) is 0 Å². The van der Waals surface area contributed by atoms with Crippen molar-refractivity contribution in [2.45, 2.75) is 38.0 Å². The smallest absolute Gasteiger partial charge is 0.126 e. The van der Waals surface area contributed by atoms with E-state index in [1.807, 2.05) is 12.1 Å². The first-order chi connectivity index (χ1) is 12.0. The Morgan fingerprint density at radius 2 is 1.76 bits per heavy atom. The summed E-state index contributed by atoms with van der Waals surface area (Å²) in [7, 11) is 0. The molecule has 2 aromatic carbocycles. The monoisotopic (exact) mass is 345 g/mol. The molecule has 0 amide bonds. The van der Waals surface area contributed by atoms with Gasteiger partial charge in [0.15, 0.2) is 0 Å². The van der Waals surface area contributed by atoms with Crippen LogP contribution in [0.1, 0.15) is 41.7 Å². The Kier molecular flexibility index (Phi) is 5.68. The Morgan fingerprint density at radius 1 is 1.12 bits per heavy atom.